The molecular weight excluding hydrogens is 402 g/mol. The molecule has 0 bridgehead atoms. The number of ether oxygens (including phenoxy) is 1. The van der Waals surface area contributed by atoms with Gasteiger partial charge in [-0.25, -0.2) is 8.42 Å². The van der Waals surface area contributed by atoms with Crippen molar-refractivity contribution in [3.8, 4) is 5.75 Å². The second-order valence-corrected chi connectivity index (χ2v) is 9.40. The molecule has 0 saturated heterocycles. The Labute approximate surface area is 147 Å². The molecule has 8 heteroatoms. The van der Waals surface area contributed by atoms with E-state index < -0.39 is 9.84 Å². The zero-order valence-electron chi connectivity index (χ0n) is 12.4. The third-order valence-electron chi connectivity index (χ3n) is 2.91. The van der Waals surface area contributed by atoms with Gasteiger partial charge in [-0.15, -0.1) is 11.3 Å². The quantitative estimate of drug-likeness (QED) is 0.744. The largest absolute Gasteiger partial charge is 0.492 e. The Hall–Kier alpha value is -1.38. The SMILES string of the molecule is CCOc1ccccc1NC(=O)CCS(=O)(=O)c1ccc(Br)s1. The molecule has 0 aliphatic carbocycles. The van der Waals surface area contributed by atoms with Gasteiger partial charge in [0, 0.05) is 6.42 Å². The van der Waals surface area contributed by atoms with Crippen molar-refractivity contribution in [2.24, 2.45) is 0 Å². The number of rotatable bonds is 7. The van der Waals surface area contributed by atoms with Crippen LogP contribution in [0, 0.1) is 0 Å². The summed E-state index contributed by atoms with van der Waals surface area (Å²) < 4.78 is 30.7. The number of hydrogen-bond acceptors (Lipinski definition) is 5. The number of para-hydroxylation sites is 2. The van der Waals surface area contributed by atoms with Gasteiger partial charge in [-0.1, -0.05) is 12.1 Å². The van der Waals surface area contributed by atoms with Crippen molar-refractivity contribution in [2.45, 2.75) is 17.6 Å². The van der Waals surface area contributed by atoms with Crippen LogP contribution >= 0.6 is 27.3 Å². The van der Waals surface area contributed by atoms with E-state index in [1.807, 2.05) is 6.92 Å². The molecule has 124 valence electrons. The van der Waals surface area contributed by atoms with Gasteiger partial charge < -0.3 is 10.1 Å². The van der Waals surface area contributed by atoms with Gasteiger partial charge in [0.25, 0.3) is 0 Å². The third kappa shape index (κ3) is 5.05. The van der Waals surface area contributed by atoms with Crippen molar-refractivity contribution in [2.75, 3.05) is 17.7 Å². The lowest BCUT2D eigenvalue weighted by atomic mass is 10.3. The van der Waals surface area contributed by atoms with Gasteiger partial charge in [-0.3, -0.25) is 4.79 Å². The predicted octanol–water partition coefficient (Wildman–Crippen LogP) is 3.71. The minimum Gasteiger partial charge on any atom is -0.492 e. The van der Waals surface area contributed by atoms with Crippen LogP contribution in [-0.2, 0) is 14.6 Å². The van der Waals surface area contributed by atoms with Crippen LogP contribution in [0.1, 0.15) is 13.3 Å². The van der Waals surface area contributed by atoms with E-state index in [1.54, 1.807) is 30.3 Å². The van der Waals surface area contributed by atoms with E-state index >= 15 is 0 Å². The summed E-state index contributed by atoms with van der Waals surface area (Å²) in [5, 5.41) is 2.69. The zero-order valence-corrected chi connectivity index (χ0v) is 15.6. The number of benzene rings is 1. The van der Waals surface area contributed by atoms with Crippen LogP contribution in [-0.4, -0.2) is 26.7 Å². The molecule has 1 amide bonds. The summed E-state index contributed by atoms with van der Waals surface area (Å²) in [6.45, 7) is 2.33. The molecule has 1 heterocycles. The van der Waals surface area contributed by atoms with Gasteiger partial charge in [-0.05, 0) is 47.1 Å². The monoisotopic (exact) mass is 417 g/mol. The molecular formula is C15H16BrNO4S2. The number of anilines is 1. The summed E-state index contributed by atoms with van der Waals surface area (Å²) in [6, 6.07) is 10.3. The first kappa shape index (κ1) is 18.0. The summed E-state index contributed by atoms with van der Waals surface area (Å²) in [6.07, 6.45) is -0.113. The summed E-state index contributed by atoms with van der Waals surface area (Å²) in [4.78, 5) is 12.0. The normalized spacial score (nSPS) is 11.2. The highest BCUT2D eigenvalue weighted by Gasteiger charge is 2.19. The first-order chi connectivity index (χ1) is 10.9. The first-order valence-corrected chi connectivity index (χ1v) is 10.2. The first-order valence-electron chi connectivity index (χ1n) is 6.92. The van der Waals surface area contributed by atoms with E-state index in [2.05, 4.69) is 21.2 Å². The van der Waals surface area contributed by atoms with Crippen LogP contribution in [0.2, 0.25) is 0 Å². The van der Waals surface area contributed by atoms with Gasteiger partial charge in [0.15, 0.2) is 9.84 Å². The van der Waals surface area contributed by atoms with Crippen LogP contribution in [0.15, 0.2) is 44.4 Å². The molecule has 0 unspecified atom stereocenters. The maximum absolute atomic E-state index is 12.2. The second-order valence-electron chi connectivity index (χ2n) is 4.60. The minimum atomic E-state index is -3.45. The van der Waals surface area contributed by atoms with Crippen LogP contribution in [0.3, 0.4) is 0 Å². The van der Waals surface area contributed by atoms with E-state index in [0.717, 1.165) is 15.1 Å². The van der Waals surface area contributed by atoms with E-state index in [9.17, 15) is 13.2 Å². The number of halogens is 1. The van der Waals surface area contributed by atoms with Crippen LogP contribution < -0.4 is 10.1 Å². The molecule has 1 N–H and O–H groups in total. The number of hydrogen-bond donors (Lipinski definition) is 1. The highest BCUT2D eigenvalue weighted by molar-refractivity contribution is 9.11. The number of carbonyl (C=O) groups excluding carboxylic acids is 1. The van der Waals surface area contributed by atoms with Crippen LogP contribution in [0.5, 0.6) is 5.75 Å². The predicted molar refractivity (Wildman–Crippen MR) is 94.9 cm³/mol. The highest BCUT2D eigenvalue weighted by atomic mass is 79.9. The Bertz CT molecular complexity index is 786. The lowest BCUT2D eigenvalue weighted by Crippen LogP contribution is -2.17. The van der Waals surface area contributed by atoms with E-state index in [4.69, 9.17) is 4.74 Å². The molecule has 0 spiro atoms. The number of nitrogens with one attached hydrogen (secondary N) is 1. The maximum atomic E-state index is 12.2. The van der Waals surface area contributed by atoms with Gasteiger partial charge >= 0.3 is 0 Å². The average molecular weight is 418 g/mol. The molecule has 1 aromatic carbocycles. The van der Waals surface area contributed by atoms with Gasteiger partial charge in [0.2, 0.25) is 5.91 Å². The summed E-state index contributed by atoms with van der Waals surface area (Å²) >= 11 is 4.37. The van der Waals surface area contributed by atoms with Crippen molar-refractivity contribution in [3.05, 3.63) is 40.2 Å². The molecule has 23 heavy (non-hydrogen) atoms. The summed E-state index contributed by atoms with van der Waals surface area (Å²) in [7, 11) is -3.45. The molecule has 0 atom stereocenters. The average Bonchev–Trinajstić information content (AvgIpc) is 2.95. The number of amides is 1. The van der Waals surface area contributed by atoms with Gasteiger partial charge in [-0.2, -0.15) is 0 Å². The van der Waals surface area contributed by atoms with Crippen molar-refractivity contribution >= 4 is 48.7 Å². The standard InChI is InChI=1S/C15H16BrNO4S2/c1-2-21-12-6-4-3-5-11(12)17-14(18)9-10-23(19,20)15-8-7-13(16)22-15/h3-8H,2,9-10H2,1H3,(H,17,18). The maximum Gasteiger partial charge on any atom is 0.225 e. The van der Waals surface area contributed by atoms with Crippen molar-refractivity contribution in [3.63, 3.8) is 0 Å². The van der Waals surface area contributed by atoms with Gasteiger partial charge in [0.05, 0.1) is 21.8 Å². The second kappa shape index (κ2) is 7.94. The molecule has 5 nitrogen and oxygen atoms in total. The highest BCUT2D eigenvalue weighted by Crippen LogP contribution is 2.27. The Morgan fingerprint density at radius 3 is 2.65 bits per heavy atom. The molecule has 2 aromatic rings. The van der Waals surface area contributed by atoms with Crippen molar-refractivity contribution in [1.82, 2.24) is 0 Å². The third-order valence-corrected chi connectivity index (χ3v) is 6.83. The van der Waals surface area contributed by atoms with Crippen LogP contribution in [0.4, 0.5) is 5.69 Å². The molecule has 0 saturated carbocycles. The van der Waals surface area contributed by atoms with E-state index in [1.165, 1.54) is 6.07 Å². The lowest BCUT2D eigenvalue weighted by Gasteiger charge is -2.11. The number of carbonyl (C=O) groups is 1. The Balaban J connectivity index is 1.98. The van der Waals surface area contributed by atoms with E-state index in [-0.39, 0.29) is 22.3 Å². The summed E-state index contributed by atoms with van der Waals surface area (Å²) in [5.74, 6) is -0.0347. The lowest BCUT2D eigenvalue weighted by molar-refractivity contribution is -0.115. The van der Waals surface area contributed by atoms with E-state index in [0.29, 0.717) is 18.0 Å². The Morgan fingerprint density at radius 2 is 2.00 bits per heavy atom. The Kier molecular flexibility index (Phi) is 6.20. The summed E-state index contributed by atoms with van der Waals surface area (Å²) in [5.41, 5.74) is 0.538. The fourth-order valence-corrected chi connectivity index (χ4v) is 5.26. The number of sulfone groups is 1. The topological polar surface area (TPSA) is 72.5 Å². The van der Waals surface area contributed by atoms with Crippen molar-refractivity contribution < 1.29 is 17.9 Å². The number of thiophene rings is 1. The molecule has 2 rings (SSSR count). The molecule has 0 aliphatic rings. The smallest absolute Gasteiger partial charge is 0.225 e. The molecule has 0 aliphatic heterocycles. The Morgan fingerprint density at radius 1 is 1.26 bits per heavy atom. The molecule has 0 radical (unpaired) electrons. The van der Waals surface area contributed by atoms with Crippen LogP contribution in [0.25, 0.3) is 0 Å². The molecule has 0 fully saturated rings. The minimum absolute atomic E-state index is 0.113. The fraction of sp³-hybridized carbons (Fsp3) is 0.267. The zero-order chi connectivity index (χ0) is 16.9. The molecule has 1 aromatic heterocycles. The fourth-order valence-electron chi connectivity index (χ4n) is 1.86. The van der Waals surface area contributed by atoms with Gasteiger partial charge in [0.1, 0.15) is 9.96 Å². The van der Waals surface area contributed by atoms with Crippen molar-refractivity contribution in [1.29, 1.82) is 0 Å².